The molecule has 1 aliphatic heterocycles. The number of nitrogens with one attached hydrogen (secondary N) is 1. The fraction of sp³-hybridized carbons (Fsp3) is 0.733. The summed E-state index contributed by atoms with van der Waals surface area (Å²) in [6.07, 6.45) is -6.84. The number of hydrogen-bond donors (Lipinski definition) is 2. The Morgan fingerprint density at radius 1 is 0.966 bits per heavy atom. The Bertz CT molecular complexity index is 626. The minimum atomic E-state index is -1.89. The van der Waals surface area contributed by atoms with Gasteiger partial charge in [0.2, 0.25) is 3.79 Å². The lowest BCUT2D eigenvalue weighted by Gasteiger charge is -2.43. The number of alkyl halides is 3. The van der Waals surface area contributed by atoms with Gasteiger partial charge in [0, 0.05) is 20.8 Å². The van der Waals surface area contributed by atoms with Gasteiger partial charge in [-0.3, -0.25) is 14.4 Å². The second-order valence-corrected chi connectivity index (χ2v) is 8.39. The molecular formula is C15H20Cl3NO10. The predicted molar refractivity (Wildman–Crippen MR) is 97.2 cm³/mol. The van der Waals surface area contributed by atoms with Crippen molar-refractivity contribution in [3.63, 3.8) is 0 Å². The van der Waals surface area contributed by atoms with E-state index in [4.69, 9.17) is 58.5 Å². The third kappa shape index (κ3) is 9.22. The van der Waals surface area contributed by atoms with Crippen LogP contribution in [0.2, 0.25) is 0 Å². The molecule has 166 valence electrons. The van der Waals surface area contributed by atoms with Crippen molar-refractivity contribution in [2.24, 2.45) is 0 Å². The van der Waals surface area contributed by atoms with E-state index in [1.54, 1.807) is 0 Å². The lowest BCUT2D eigenvalue weighted by molar-refractivity contribution is -0.264. The first kappa shape index (κ1) is 25.5. The number of amides is 1. The molecule has 14 heteroatoms. The summed E-state index contributed by atoms with van der Waals surface area (Å²) in [6.45, 7) is 2.23. The molecule has 0 aromatic rings. The molecule has 0 aromatic carbocycles. The molecule has 0 radical (unpaired) electrons. The van der Waals surface area contributed by atoms with Crippen LogP contribution in [0.4, 0.5) is 4.79 Å². The molecule has 0 spiro atoms. The van der Waals surface area contributed by atoms with Gasteiger partial charge >= 0.3 is 24.0 Å². The highest BCUT2D eigenvalue weighted by Gasteiger charge is 2.50. The lowest BCUT2D eigenvalue weighted by atomic mass is 9.96. The predicted octanol–water partition coefficient (Wildman–Crippen LogP) is 0.595. The number of carbonyl (C=O) groups excluding carboxylic acids is 4. The molecule has 0 bridgehead atoms. The SMILES string of the molecule is CC(=O)OC[C@H]1O[C@@H](O)[C@H](NC(=O)OCC(Cl)(Cl)Cl)[C@@H](OC(C)=O)[C@H]1OC(C)=O. The van der Waals surface area contributed by atoms with Crippen molar-refractivity contribution in [2.75, 3.05) is 13.2 Å². The fourth-order valence-corrected chi connectivity index (χ4v) is 2.56. The second-order valence-electron chi connectivity index (χ2n) is 5.88. The van der Waals surface area contributed by atoms with E-state index in [9.17, 15) is 24.3 Å². The normalized spacial score (nSPS) is 26.8. The summed E-state index contributed by atoms with van der Waals surface area (Å²) < 4.78 is 23.2. The van der Waals surface area contributed by atoms with Crippen molar-refractivity contribution in [3.8, 4) is 0 Å². The molecule has 5 atom stereocenters. The first-order chi connectivity index (χ1) is 13.3. The number of carbonyl (C=O) groups is 4. The molecule has 1 saturated heterocycles. The van der Waals surface area contributed by atoms with Gasteiger partial charge in [-0.2, -0.15) is 0 Å². The largest absolute Gasteiger partial charge is 0.463 e. The molecule has 1 amide bonds. The molecule has 1 aliphatic rings. The zero-order valence-corrected chi connectivity index (χ0v) is 17.8. The smallest absolute Gasteiger partial charge is 0.407 e. The van der Waals surface area contributed by atoms with Gasteiger partial charge in [0.1, 0.15) is 25.4 Å². The minimum absolute atomic E-state index is 0.424. The highest BCUT2D eigenvalue weighted by atomic mass is 35.6. The summed E-state index contributed by atoms with van der Waals surface area (Å²) in [7, 11) is 0. The van der Waals surface area contributed by atoms with Crippen LogP contribution in [0.25, 0.3) is 0 Å². The molecule has 2 N–H and O–H groups in total. The number of aliphatic hydroxyl groups excluding tert-OH is 1. The van der Waals surface area contributed by atoms with E-state index < -0.39 is 71.7 Å². The van der Waals surface area contributed by atoms with Crippen LogP contribution in [0.5, 0.6) is 0 Å². The zero-order valence-electron chi connectivity index (χ0n) is 15.6. The molecule has 1 fully saturated rings. The molecule has 11 nitrogen and oxygen atoms in total. The van der Waals surface area contributed by atoms with Crippen LogP contribution in [0.15, 0.2) is 0 Å². The van der Waals surface area contributed by atoms with Crippen molar-refractivity contribution in [1.82, 2.24) is 5.32 Å². The average Bonchev–Trinajstić information content (AvgIpc) is 2.55. The Morgan fingerprint density at radius 2 is 1.52 bits per heavy atom. The summed E-state index contributed by atoms with van der Waals surface area (Å²) in [6, 6.07) is -1.43. The monoisotopic (exact) mass is 479 g/mol. The first-order valence-corrected chi connectivity index (χ1v) is 9.25. The van der Waals surface area contributed by atoms with Crippen LogP contribution in [0, 0.1) is 0 Å². The second kappa shape index (κ2) is 11.0. The quantitative estimate of drug-likeness (QED) is 0.314. The summed E-state index contributed by atoms with van der Waals surface area (Å²) in [4.78, 5) is 46.1. The van der Waals surface area contributed by atoms with E-state index in [-0.39, 0.29) is 0 Å². The Morgan fingerprint density at radius 3 is 2.00 bits per heavy atom. The topological polar surface area (TPSA) is 147 Å². The van der Waals surface area contributed by atoms with E-state index in [1.165, 1.54) is 0 Å². The van der Waals surface area contributed by atoms with Crippen LogP contribution in [-0.2, 0) is 38.1 Å². The zero-order chi connectivity index (χ0) is 22.4. The Hall–Kier alpha value is -1.53. The standard InChI is InChI=1S/C15H20Cl3NO10/c1-6(20)25-4-9-11(27-7(2)21)12(28-8(3)22)10(13(23)29-9)19-14(24)26-5-15(16,17)18/h9-13,23H,4-5H2,1-3H3,(H,19,24)/t9-,10-,11+,12-,13-/m1/s1. The first-order valence-electron chi connectivity index (χ1n) is 8.11. The van der Waals surface area contributed by atoms with Gasteiger partial charge in [0.15, 0.2) is 18.5 Å². The molecule has 1 rings (SSSR count). The maximum atomic E-state index is 12.0. The maximum Gasteiger partial charge on any atom is 0.407 e. The van der Waals surface area contributed by atoms with Crippen LogP contribution >= 0.6 is 34.8 Å². The van der Waals surface area contributed by atoms with Gasteiger partial charge in [-0.15, -0.1) is 0 Å². The average molecular weight is 481 g/mol. The maximum absolute atomic E-state index is 12.0. The number of rotatable bonds is 6. The van der Waals surface area contributed by atoms with Gasteiger partial charge in [-0.25, -0.2) is 4.79 Å². The van der Waals surface area contributed by atoms with E-state index >= 15 is 0 Å². The summed E-state index contributed by atoms with van der Waals surface area (Å²) in [5, 5.41) is 12.5. The van der Waals surface area contributed by atoms with Gasteiger partial charge < -0.3 is 34.1 Å². The van der Waals surface area contributed by atoms with Gasteiger partial charge in [0.05, 0.1) is 0 Å². The third-order valence-corrected chi connectivity index (χ3v) is 3.70. The fourth-order valence-electron chi connectivity index (χ4n) is 2.40. The number of esters is 3. The Balaban J connectivity index is 3.06. The summed E-state index contributed by atoms with van der Waals surface area (Å²) in [5.41, 5.74) is 0. The van der Waals surface area contributed by atoms with Gasteiger partial charge in [-0.05, 0) is 0 Å². The molecule has 1 heterocycles. The lowest BCUT2D eigenvalue weighted by Crippen LogP contribution is -2.66. The number of halogens is 3. The number of hydrogen-bond acceptors (Lipinski definition) is 10. The molecule has 0 aliphatic carbocycles. The molecule has 29 heavy (non-hydrogen) atoms. The number of ether oxygens (including phenoxy) is 5. The number of alkyl carbamates (subject to hydrolysis) is 1. The van der Waals surface area contributed by atoms with Crippen molar-refractivity contribution in [3.05, 3.63) is 0 Å². The van der Waals surface area contributed by atoms with Crippen LogP contribution in [-0.4, -0.2) is 76.8 Å². The van der Waals surface area contributed by atoms with Crippen molar-refractivity contribution >= 4 is 58.8 Å². The highest BCUT2D eigenvalue weighted by molar-refractivity contribution is 6.67. The van der Waals surface area contributed by atoms with Crippen molar-refractivity contribution in [2.45, 2.75) is 55.2 Å². The van der Waals surface area contributed by atoms with E-state index in [1.807, 2.05) is 0 Å². The van der Waals surface area contributed by atoms with E-state index in [0.29, 0.717) is 0 Å². The van der Waals surface area contributed by atoms with E-state index in [2.05, 4.69) is 5.32 Å². The molecule has 0 unspecified atom stereocenters. The molecule has 0 aromatic heterocycles. The summed E-state index contributed by atoms with van der Waals surface area (Å²) in [5.74, 6) is -2.25. The van der Waals surface area contributed by atoms with Gasteiger partial charge in [-0.1, -0.05) is 34.8 Å². The van der Waals surface area contributed by atoms with Crippen LogP contribution in [0.3, 0.4) is 0 Å². The third-order valence-electron chi connectivity index (χ3n) is 3.37. The number of aliphatic hydroxyl groups is 1. The molecular weight excluding hydrogens is 461 g/mol. The van der Waals surface area contributed by atoms with Crippen LogP contribution < -0.4 is 5.32 Å². The van der Waals surface area contributed by atoms with Crippen molar-refractivity contribution < 1.29 is 48.0 Å². The molecule has 0 saturated carbocycles. The van der Waals surface area contributed by atoms with Crippen molar-refractivity contribution in [1.29, 1.82) is 0 Å². The summed E-state index contributed by atoms with van der Waals surface area (Å²) >= 11 is 16.5. The minimum Gasteiger partial charge on any atom is -0.463 e. The van der Waals surface area contributed by atoms with E-state index in [0.717, 1.165) is 20.8 Å². The highest BCUT2D eigenvalue weighted by Crippen LogP contribution is 2.27. The van der Waals surface area contributed by atoms with Crippen LogP contribution in [0.1, 0.15) is 20.8 Å². The van der Waals surface area contributed by atoms with Gasteiger partial charge in [0.25, 0.3) is 0 Å². The Kier molecular flexibility index (Phi) is 9.69. The Labute approximate surface area is 180 Å².